The van der Waals surface area contributed by atoms with E-state index in [9.17, 15) is 45.5 Å². The fourth-order valence-corrected chi connectivity index (χ4v) is 5.63. The highest BCUT2D eigenvalue weighted by molar-refractivity contribution is 5.74. The van der Waals surface area contributed by atoms with Crippen molar-refractivity contribution in [3.05, 3.63) is 70.8 Å². The van der Waals surface area contributed by atoms with Gasteiger partial charge in [-0.1, -0.05) is 24.3 Å². The normalized spacial score (nSPS) is 21.6. The standard InChI is InChI=1S/C16H18F3NO4.C15H16F3NO4/c1-23-14(21)11-7-8-20(15(22)24-2)13(9-11)10-3-5-12(6-4-10)16(17,18)19;1-23-14(22)19-7-6-10(13(20)21)8-12(19)9-2-4-11(5-3-9)15(16,17)18/h3-6,11,13H,7-9H2,1-2H3;2-5,10,12H,6-8H2,1H3,(H,20,21). The first-order valence-corrected chi connectivity index (χ1v) is 14.4. The number of carboxylic acids is 1. The van der Waals surface area contributed by atoms with Gasteiger partial charge in [0.15, 0.2) is 0 Å². The molecule has 2 heterocycles. The molecule has 2 saturated heterocycles. The van der Waals surface area contributed by atoms with E-state index >= 15 is 0 Å². The number of halogens is 6. The Morgan fingerprint density at radius 2 is 1.00 bits per heavy atom. The van der Waals surface area contributed by atoms with E-state index in [0.717, 1.165) is 24.3 Å². The Bertz CT molecular complexity index is 1400. The van der Waals surface area contributed by atoms with Crippen LogP contribution in [-0.4, -0.2) is 73.5 Å². The lowest BCUT2D eigenvalue weighted by Crippen LogP contribution is -2.42. The predicted octanol–water partition coefficient (Wildman–Crippen LogP) is 6.71. The molecule has 2 aromatic rings. The summed E-state index contributed by atoms with van der Waals surface area (Å²) >= 11 is 0. The number of carbonyl (C=O) groups excluding carboxylic acids is 3. The van der Waals surface area contributed by atoms with Gasteiger partial charge in [0.2, 0.25) is 0 Å². The third-order valence-corrected chi connectivity index (χ3v) is 8.15. The van der Waals surface area contributed by atoms with Crippen molar-refractivity contribution in [2.24, 2.45) is 11.8 Å². The third kappa shape index (κ3) is 9.29. The molecule has 2 amide bonds. The monoisotopic (exact) mass is 676 g/mol. The lowest BCUT2D eigenvalue weighted by Gasteiger charge is -2.37. The summed E-state index contributed by atoms with van der Waals surface area (Å²) in [7, 11) is 3.72. The van der Waals surface area contributed by atoms with E-state index in [1.165, 1.54) is 55.4 Å². The Morgan fingerprint density at radius 1 is 0.638 bits per heavy atom. The Kier molecular flexibility index (Phi) is 12.1. The molecule has 4 atom stereocenters. The average Bonchev–Trinajstić information content (AvgIpc) is 3.06. The number of hydrogen-bond donors (Lipinski definition) is 1. The molecule has 258 valence electrons. The van der Waals surface area contributed by atoms with Gasteiger partial charge in [0.05, 0.1) is 56.4 Å². The molecule has 0 radical (unpaired) electrons. The van der Waals surface area contributed by atoms with Crippen LogP contribution in [0.4, 0.5) is 35.9 Å². The van der Waals surface area contributed by atoms with Crippen LogP contribution in [0.15, 0.2) is 48.5 Å². The number of piperidine rings is 2. The molecule has 4 rings (SSSR count). The summed E-state index contributed by atoms with van der Waals surface area (Å²) in [6, 6.07) is 7.80. The number of carboxylic acid groups (broad SMARTS) is 1. The van der Waals surface area contributed by atoms with Crippen molar-refractivity contribution in [1.82, 2.24) is 9.80 Å². The number of aliphatic carboxylic acids is 1. The largest absolute Gasteiger partial charge is 0.481 e. The number of carbonyl (C=O) groups is 4. The second-order valence-corrected chi connectivity index (χ2v) is 10.9. The molecule has 10 nitrogen and oxygen atoms in total. The Labute approximate surface area is 266 Å². The van der Waals surface area contributed by atoms with Gasteiger partial charge >= 0.3 is 36.5 Å². The lowest BCUT2D eigenvalue weighted by atomic mass is 9.87. The maximum atomic E-state index is 12.7. The molecule has 2 aliphatic rings. The smallest absolute Gasteiger partial charge is 0.416 e. The molecule has 0 spiro atoms. The number of amides is 2. The number of methoxy groups -OCH3 is 3. The van der Waals surface area contributed by atoms with E-state index in [0.29, 0.717) is 17.5 Å². The number of likely N-dealkylation sites (tertiary alicyclic amines) is 2. The minimum Gasteiger partial charge on any atom is -0.481 e. The van der Waals surface area contributed by atoms with Gasteiger partial charge < -0.3 is 29.1 Å². The minimum absolute atomic E-state index is 0.135. The Morgan fingerprint density at radius 3 is 1.32 bits per heavy atom. The van der Waals surface area contributed by atoms with Gasteiger partial charge in [0, 0.05) is 13.1 Å². The van der Waals surface area contributed by atoms with Crippen LogP contribution in [0.1, 0.15) is 60.0 Å². The zero-order valence-corrected chi connectivity index (χ0v) is 25.6. The summed E-state index contributed by atoms with van der Waals surface area (Å²) < 4.78 is 90.1. The number of nitrogens with zero attached hydrogens (tertiary/aromatic N) is 2. The van der Waals surface area contributed by atoms with Gasteiger partial charge in [-0.2, -0.15) is 26.3 Å². The highest BCUT2D eigenvalue weighted by Crippen LogP contribution is 2.38. The van der Waals surface area contributed by atoms with E-state index in [4.69, 9.17) is 14.6 Å². The first-order valence-electron chi connectivity index (χ1n) is 14.4. The maximum Gasteiger partial charge on any atom is 0.416 e. The van der Waals surface area contributed by atoms with Crippen LogP contribution in [-0.2, 0) is 36.2 Å². The summed E-state index contributed by atoms with van der Waals surface area (Å²) in [5.74, 6) is -2.44. The van der Waals surface area contributed by atoms with Gasteiger partial charge in [0.1, 0.15) is 0 Å². The maximum absolute atomic E-state index is 12.7. The van der Waals surface area contributed by atoms with E-state index in [1.807, 2.05) is 0 Å². The minimum atomic E-state index is -4.45. The van der Waals surface area contributed by atoms with Gasteiger partial charge in [-0.25, -0.2) is 9.59 Å². The summed E-state index contributed by atoms with van der Waals surface area (Å²) in [6.45, 7) is 0.438. The van der Waals surface area contributed by atoms with Crippen molar-refractivity contribution in [3.63, 3.8) is 0 Å². The van der Waals surface area contributed by atoms with Gasteiger partial charge in [-0.3, -0.25) is 9.59 Å². The fourth-order valence-electron chi connectivity index (χ4n) is 5.63. The van der Waals surface area contributed by atoms with Gasteiger partial charge in [-0.15, -0.1) is 0 Å². The highest BCUT2D eigenvalue weighted by Gasteiger charge is 2.39. The topological polar surface area (TPSA) is 123 Å². The van der Waals surface area contributed by atoms with E-state index in [-0.39, 0.29) is 32.4 Å². The molecule has 2 fully saturated rings. The molecule has 0 bridgehead atoms. The quantitative estimate of drug-likeness (QED) is 0.216. The number of rotatable bonds is 4. The number of alkyl halides is 6. The van der Waals surface area contributed by atoms with Crippen LogP contribution in [0.5, 0.6) is 0 Å². The predicted molar refractivity (Wildman–Crippen MR) is 152 cm³/mol. The number of hydrogen-bond acceptors (Lipinski definition) is 7. The van der Waals surface area contributed by atoms with Gasteiger partial charge in [0.25, 0.3) is 0 Å². The molecule has 16 heteroatoms. The summed E-state index contributed by atoms with van der Waals surface area (Å²) in [6.07, 6.45) is -8.98. The van der Waals surface area contributed by atoms with Crippen molar-refractivity contribution in [1.29, 1.82) is 0 Å². The molecule has 1 N–H and O–H groups in total. The Hall–Kier alpha value is -4.50. The summed E-state index contributed by atoms with van der Waals surface area (Å²) in [5.41, 5.74) is -0.594. The molecule has 2 aliphatic heterocycles. The second-order valence-electron chi connectivity index (χ2n) is 10.9. The number of esters is 1. The van der Waals surface area contributed by atoms with Crippen molar-refractivity contribution < 1.29 is 64.8 Å². The molecule has 4 unspecified atom stereocenters. The van der Waals surface area contributed by atoms with E-state index in [1.54, 1.807) is 0 Å². The van der Waals surface area contributed by atoms with Crippen molar-refractivity contribution >= 4 is 24.1 Å². The fraction of sp³-hybridized carbons (Fsp3) is 0.484. The summed E-state index contributed by atoms with van der Waals surface area (Å²) in [4.78, 5) is 49.5. The molecular formula is C31H34F6N2O8. The molecule has 2 aromatic carbocycles. The molecule has 0 aromatic heterocycles. The molecule has 47 heavy (non-hydrogen) atoms. The second kappa shape index (κ2) is 15.4. The lowest BCUT2D eigenvalue weighted by molar-refractivity contribution is -0.148. The molecule has 0 saturated carbocycles. The first kappa shape index (κ1) is 37.0. The van der Waals surface area contributed by atoms with Crippen molar-refractivity contribution in [2.75, 3.05) is 34.4 Å². The van der Waals surface area contributed by atoms with Crippen molar-refractivity contribution in [3.8, 4) is 0 Å². The van der Waals surface area contributed by atoms with Crippen molar-refractivity contribution in [2.45, 2.75) is 50.1 Å². The molecule has 0 aliphatic carbocycles. The van der Waals surface area contributed by atoms with Crippen LogP contribution in [0.2, 0.25) is 0 Å². The third-order valence-electron chi connectivity index (χ3n) is 8.15. The zero-order chi connectivity index (χ0) is 35.1. The van der Waals surface area contributed by atoms with E-state index in [2.05, 4.69) is 4.74 Å². The van der Waals surface area contributed by atoms with Crippen LogP contribution in [0, 0.1) is 11.8 Å². The van der Waals surface area contributed by atoms with E-state index < -0.39 is 71.5 Å². The van der Waals surface area contributed by atoms with Crippen LogP contribution >= 0.6 is 0 Å². The Balaban J connectivity index is 0.000000256. The number of benzene rings is 2. The van der Waals surface area contributed by atoms with Gasteiger partial charge in [-0.05, 0) is 61.1 Å². The van der Waals surface area contributed by atoms with Crippen LogP contribution < -0.4 is 0 Å². The SMILES string of the molecule is COC(=O)C1CCN(C(=O)OC)C(c2ccc(C(F)(F)F)cc2)C1.COC(=O)N1CCC(C(=O)O)CC1c1ccc(C(F)(F)F)cc1. The highest BCUT2D eigenvalue weighted by atomic mass is 19.4. The van der Waals surface area contributed by atoms with Crippen LogP contribution in [0.3, 0.4) is 0 Å². The zero-order valence-electron chi connectivity index (χ0n) is 25.6. The number of ether oxygens (including phenoxy) is 3. The molecular weight excluding hydrogens is 642 g/mol. The average molecular weight is 677 g/mol. The first-order chi connectivity index (χ1) is 22.0. The van der Waals surface area contributed by atoms with Crippen LogP contribution in [0.25, 0.3) is 0 Å². The summed E-state index contributed by atoms with van der Waals surface area (Å²) in [5, 5.41) is 9.15.